The number of amides is 1. The highest BCUT2D eigenvalue weighted by atomic mass is 16.7. The van der Waals surface area contributed by atoms with Crippen LogP contribution in [0.3, 0.4) is 0 Å². The zero-order valence-corrected chi connectivity index (χ0v) is 46.1. The van der Waals surface area contributed by atoms with Crippen LogP contribution in [-0.2, 0) is 23.7 Å². The van der Waals surface area contributed by atoms with E-state index in [2.05, 4.69) is 67.8 Å². The first-order chi connectivity index (χ1) is 36.1. The average Bonchev–Trinajstić information content (AvgIpc) is 3.40. The molecule has 14 nitrogen and oxygen atoms in total. The first kappa shape index (κ1) is 67.8. The minimum Gasteiger partial charge on any atom is -0.394 e. The van der Waals surface area contributed by atoms with Gasteiger partial charge >= 0.3 is 0 Å². The molecule has 12 atom stereocenters. The third-order valence-electron chi connectivity index (χ3n) is 14.2. The highest BCUT2D eigenvalue weighted by Gasteiger charge is 2.51. The second-order valence-corrected chi connectivity index (χ2v) is 20.7. The Labute approximate surface area is 447 Å². The van der Waals surface area contributed by atoms with Crippen LogP contribution in [0.15, 0.2) is 60.8 Å². The fourth-order valence-corrected chi connectivity index (χ4v) is 9.46. The lowest BCUT2D eigenvalue weighted by Gasteiger charge is -2.46. The van der Waals surface area contributed by atoms with Gasteiger partial charge in [-0.15, -0.1) is 0 Å². The number of allylic oxidation sites excluding steroid dienone is 9. The number of rotatable bonds is 46. The van der Waals surface area contributed by atoms with E-state index in [1.165, 1.54) is 116 Å². The molecule has 2 heterocycles. The zero-order valence-electron chi connectivity index (χ0n) is 46.1. The van der Waals surface area contributed by atoms with E-state index in [9.17, 15) is 45.6 Å². The van der Waals surface area contributed by atoms with E-state index in [0.717, 1.165) is 77.0 Å². The molecule has 9 N–H and O–H groups in total. The lowest BCUT2D eigenvalue weighted by Crippen LogP contribution is -2.65. The Kier molecular flexibility index (Phi) is 41.9. The summed E-state index contributed by atoms with van der Waals surface area (Å²) >= 11 is 0. The summed E-state index contributed by atoms with van der Waals surface area (Å²) in [6.07, 6.45) is 41.8. The van der Waals surface area contributed by atoms with Gasteiger partial charge in [0.05, 0.1) is 32.0 Å². The van der Waals surface area contributed by atoms with E-state index in [1.807, 2.05) is 6.08 Å². The smallest absolute Gasteiger partial charge is 0.220 e. The minimum absolute atomic E-state index is 0.243. The highest BCUT2D eigenvalue weighted by Crippen LogP contribution is 2.30. The van der Waals surface area contributed by atoms with Gasteiger partial charge < -0.3 is 65.1 Å². The molecule has 0 radical (unpaired) electrons. The van der Waals surface area contributed by atoms with Crippen LogP contribution >= 0.6 is 0 Å². The number of nitrogens with one attached hydrogen (secondary N) is 1. The predicted molar refractivity (Wildman–Crippen MR) is 295 cm³/mol. The Bertz CT molecular complexity index is 1470. The zero-order chi connectivity index (χ0) is 53.9. The third kappa shape index (κ3) is 31.2. The Morgan fingerprint density at radius 3 is 1.43 bits per heavy atom. The van der Waals surface area contributed by atoms with E-state index in [0.29, 0.717) is 6.42 Å². The van der Waals surface area contributed by atoms with Gasteiger partial charge in [0.25, 0.3) is 0 Å². The molecule has 2 fully saturated rings. The second-order valence-electron chi connectivity index (χ2n) is 20.7. The maximum atomic E-state index is 13.2. The standard InChI is InChI=1S/C60H107NO13/c1-3-5-7-9-11-12-13-14-15-16-17-18-19-20-21-22-23-24-25-26-27-28-29-30-31-32-33-34-35-36-38-40-42-44-52(65)61-48(49(64)43-41-39-37-10-8-6-4-2)47-71-59-57(70)55(68)58(51(46-63)73-59)74-60-56(69)54(67)53(66)50(45-62)72-60/h5,7,11-12,14-15,17-18,41,43,48-51,53-60,62-64,66-70H,3-4,6,8-10,13,16,19-40,42,44-47H2,1-2H3,(H,61,65)/b7-5-,12-11-,15-14-,18-17-,43-41+. The van der Waals surface area contributed by atoms with E-state index in [4.69, 9.17) is 18.9 Å². The summed E-state index contributed by atoms with van der Waals surface area (Å²) in [4.78, 5) is 13.2. The number of unbranched alkanes of at least 4 members (excludes halogenated alkanes) is 25. The molecule has 0 aliphatic carbocycles. The lowest BCUT2D eigenvalue weighted by atomic mass is 9.97. The maximum Gasteiger partial charge on any atom is 0.220 e. The second kappa shape index (κ2) is 45.7. The molecule has 2 aliphatic rings. The summed E-state index contributed by atoms with van der Waals surface area (Å²) in [5.74, 6) is -0.243. The fourth-order valence-electron chi connectivity index (χ4n) is 9.46. The molecule has 2 rings (SSSR count). The maximum absolute atomic E-state index is 13.2. The van der Waals surface area contributed by atoms with Gasteiger partial charge in [0.15, 0.2) is 12.6 Å². The number of carbonyl (C=O) groups excluding carboxylic acids is 1. The molecule has 0 bridgehead atoms. The minimum atomic E-state index is -1.79. The topological polar surface area (TPSA) is 228 Å². The van der Waals surface area contributed by atoms with Gasteiger partial charge in [0.2, 0.25) is 5.91 Å². The van der Waals surface area contributed by atoms with Crippen molar-refractivity contribution in [1.29, 1.82) is 0 Å². The molecule has 14 heteroatoms. The normalized spacial score (nSPS) is 25.6. The Morgan fingerprint density at radius 1 is 0.500 bits per heavy atom. The molecule has 0 aromatic rings. The molecule has 12 unspecified atom stereocenters. The van der Waals surface area contributed by atoms with Crippen LogP contribution in [0, 0.1) is 0 Å². The summed E-state index contributed by atoms with van der Waals surface area (Å²) in [7, 11) is 0. The van der Waals surface area contributed by atoms with Gasteiger partial charge in [-0.3, -0.25) is 4.79 Å². The Balaban J connectivity index is 1.57. The van der Waals surface area contributed by atoms with Crippen LogP contribution < -0.4 is 5.32 Å². The van der Waals surface area contributed by atoms with Crippen molar-refractivity contribution in [2.24, 2.45) is 0 Å². The van der Waals surface area contributed by atoms with Crippen molar-refractivity contribution in [1.82, 2.24) is 5.32 Å². The molecule has 74 heavy (non-hydrogen) atoms. The van der Waals surface area contributed by atoms with Crippen LogP contribution in [0.1, 0.15) is 219 Å². The number of hydrogen-bond acceptors (Lipinski definition) is 13. The molecule has 2 aliphatic heterocycles. The van der Waals surface area contributed by atoms with Gasteiger partial charge in [-0.1, -0.05) is 216 Å². The number of ether oxygens (including phenoxy) is 4. The van der Waals surface area contributed by atoms with E-state index < -0.39 is 86.8 Å². The molecular formula is C60H107NO13. The lowest BCUT2D eigenvalue weighted by molar-refractivity contribution is -0.359. The van der Waals surface area contributed by atoms with E-state index in [1.54, 1.807) is 6.08 Å². The van der Waals surface area contributed by atoms with Crippen molar-refractivity contribution < 1.29 is 64.6 Å². The number of aliphatic hydroxyl groups excluding tert-OH is 8. The van der Waals surface area contributed by atoms with Gasteiger partial charge in [0, 0.05) is 6.42 Å². The van der Waals surface area contributed by atoms with Gasteiger partial charge in [-0.2, -0.15) is 0 Å². The average molecular weight is 1050 g/mol. The first-order valence-electron chi connectivity index (χ1n) is 29.5. The van der Waals surface area contributed by atoms with E-state index in [-0.39, 0.29) is 18.9 Å². The van der Waals surface area contributed by atoms with Crippen molar-refractivity contribution in [2.45, 2.75) is 293 Å². The van der Waals surface area contributed by atoms with Crippen LogP contribution in [-0.4, -0.2) is 140 Å². The first-order valence-corrected chi connectivity index (χ1v) is 29.5. The number of hydrogen-bond donors (Lipinski definition) is 9. The summed E-state index contributed by atoms with van der Waals surface area (Å²) < 4.78 is 22.6. The predicted octanol–water partition coefficient (Wildman–Crippen LogP) is 9.78. The number of aliphatic hydroxyl groups is 8. The summed E-state index contributed by atoms with van der Waals surface area (Å²) in [5.41, 5.74) is 0. The van der Waals surface area contributed by atoms with Crippen molar-refractivity contribution in [3.05, 3.63) is 60.8 Å². The summed E-state index contributed by atoms with van der Waals surface area (Å²) in [6.45, 7) is 2.61. The number of carbonyl (C=O) groups is 1. The molecule has 1 amide bonds. The third-order valence-corrected chi connectivity index (χ3v) is 14.2. The highest BCUT2D eigenvalue weighted by molar-refractivity contribution is 5.76. The van der Waals surface area contributed by atoms with Crippen LogP contribution in [0.2, 0.25) is 0 Å². The van der Waals surface area contributed by atoms with Gasteiger partial charge in [0.1, 0.15) is 48.8 Å². The Hall–Kier alpha value is -2.31. The van der Waals surface area contributed by atoms with Crippen LogP contribution in [0.25, 0.3) is 0 Å². The van der Waals surface area contributed by atoms with Crippen molar-refractivity contribution in [3.8, 4) is 0 Å². The van der Waals surface area contributed by atoms with Gasteiger partial charge in [-0.25, -0.2) is 0 Å². The molecular weight excluding hydrogens is 943 g/mol. The monoisotopic (exact) mass is 1050 g/mol. The van der Waals surface area contributed by atoms with Crippen LogP contribution in [0.5, 0.6) is 0 Å². The molecule has 430 valence electrons. The molecule has 0 spiro atoms. The quantitative estimate of drug-likeness (QED) is 0.0205. The van der Waals surface area contributed by atoms with Crippen molar-refractivity contribution in [3.63, 3.8) is 0 Å². The molecule has 2 saturated heterocycles. The summed E-state index contributed by atoms with van der Waals surface area (Å²) in [6, 6.07) is -0.911. The fraction of sp³-hybridized carbons (Fsp3) is 0.817. The Morgan fingerprint density at radius 2 is 0.932 bits per heavy atom. The molecule has 0 saturated carbocycles. The molecule has 0 aromatic carbocycles. The van der Waals surface area contributed by atoms with Gasteiger partial charge in [-0.05, 0) is 57.8 Å². The SMILES string of the molecule is CC/C=C\C/C=C\C/C=C\C/C=C\CCCCCCCCCCCCCCCCCCCCCCC(=O)NC(COC1OC(CO)C(OC2OC(CO)C(O)C(O)C2O)C(O)C1O)C(O)/C=C/CCCCCCC. The van der Waals surface area contributed by atoms with E-state index >= 15 is 0 Å². The molecule has 0 aromatic heterocycles. The van der Waals surface area contributed by atoms with Crippen LogP contribution in [0.4, 0.5) is 0 Å². The van der Waals surface area contributed by atoms with Crippen molar-refractivity contribution in [2.75, 3.05) is 19.8 Å². The summed E-state index contributed by atoms with van der Waals surface area (Å²) in [5, 5.41) is 86.6. The largest absolute Gasteiger partial charge is 0.394 e. The van der Waals surface area contributed by atoms with Crippen molar-refractivity contribution >= 4 is 5.91 Å².